The molecule has 4 heterocycles. The number of halogens is 2. The Morgan fingerprint density at radius 2 is 1.65 bits per heavy atom. The summed E-state index contributed by atoms with van der Waals surface area (Å²) in [7, 11) is 2.00. The van der Waals surface area contributed by atoms with Crippen molar-refractivity contribution in [1.29, 1.82) is 0 Å². The maximum atomic E-state index is 11.9. The molecule has 1 saturated carbocycles. The lowest BCUT2D eigenvalue weighted by Gasteiger charge is -2.34. The number of ether oxygens (including phenoxy) is 1. The molecule has 0 spiro atoms. The Hall–Kier alpha value is -3.38. The fourth-order valence-corrected chi connectivity index (χ4v) is 5.28. The average molecular weight is 558 g/mol. The summed E-state index contributed by atoms with van der Waals surface area (Å²) in [4.78, 5) is 17.8. The van der Waals surface area contributed by atoms with Gasteiger partial charge in [-0.05, 0) is 82.7 Å². The van der Waals surface area contributed by atoms with Crippen molar-refractivity contribution in [2.24, 2.45) is 5.92 Å². The third-order valence-electron chi connectivity index (χ3n) is 8.11. The number of nitrogens with one attached hydrogen (secondary N) is 1. The first-order chi connectivity index (χ1) is 19.3. The van der Waals surface area contributed by atoms with E-state index in [-0.39, 0.29) is 6.10 Å². The van der Waals surface area contributed by atoms with E-state index in [4.69, 9.17) is 9.26 Å². The Balaban J connectivity index is 0.000000348. The van der Waals surface area contributed by atoms with Gasteiger partial charge in [0, 0.05) is 32.2 Å². The van der Waals surface area contributed by atoms with Crippen LogP contribution in [0.15, 0.2) is 41.2 Å². The molecule has 12 heteroatoms. The number of nitrogens with zero attached hydrogens (tertiary/aromatic N) is 6. The van der Waals surface area contributed by atoms with Crippen molar-refractivity contribution in [3.63, 3.8) is 0 Å². The van der Waals surface area contributed by atoms with Crippen LogP contribution in [0, 0.1) is 17.6 Å². The monoisotopic (exact) mass is 557 g/mol. The summed E-state index contributed by atoms with van der Waals surface area (Å²) < 4.78 is 35.4. The molecule has 1 aliphatic carbocycles. The molecule has 2 N–H and O–H groups in total. The molecule has 10 nitrogen and oxygen atoms in total. The first kappa shape index (κ1) is 28.2. The molecule has 40 heavy (non-hydrogen) atoms. The third-order valence-corrected chi connectivity index (χ3v) is 8.11. The highest BCUT2D eigenvalue weighted by Crippen LogP contribution is 2.40. The van der Waals surface area contributed by atoms with Crippen LogP contribution in [0.3, 0.4) is 0 Å². The molecule has 2 aromatic heterocycles. The molecule has 0 radical (unpaired) electrons. The first-order valence-corrected chi connectivity index (χ1v) is 14.0. The Bertz CT molecular complexity index is 1190. The van der Waals surface area contributed by atoms with Crippen LogP contribution in [0.5, 0.6) is 5.75 Å². The quantitative estimate of drug-likeness (QED) is 0.446. The molecule has 2 atom stereocenters. The van der Waals surface area contributed by atoms with Crippen LogP contribution in [0.25, 0.3) is 0 Å². The molecule has 3 aromatic rings. The lowest BCUT2D eigenvalue weighted by molar-refractivity contribution is -0.0482. The van der Waals surface area contributed by atoms with Crippen LogP contribution in [0.1, 0.15) is 51.3 Å². The highest BCUT2D eigenvalue weighted by molar-refractivity contribution is 5.33. The van der Waals surface area contributed by atoms with E-state index >= 15 is 0 Å². The van der Waals surface area contributed by atoms with Crippen LogP contribution in [-0.2, 0) is 5.60 Å². The fraction of sp³-hybridized carbons (Fsp3) is 0.571. The standard InChI is InChI=1S/C22H33N7O3.C6H4F2/c1-15(31-18-12-24-20(25-13-18)29-11-6-17(14-29)23-2)16-4-9-28(10-5-16)21-26-19(27-32-21)22(30)7-3-8-22;7-5-1-2-6(8)4-3-5/h12-13,15-17,23,30H,3-11,14H2,1-2H3;1-4H. The minimum Gasteiger partial charge on any atom is -0.487 e. The number of hydrogen-bond acceptors (Lipinski definition) is 10. The Morgan fingerprint density at radius 3 is 2.20 bits per heavy atom. The average Bonchev–Trinajstić information content (AvgIpc) is 3.65. The van der Waals surface area contributed by atoms with E-state index in [2.05, 4.69) is 42.1 Å². The predicted molar refractivity (Wildman–Crippen MR) is 145 cm³/mol. The number of piperidine rings is 1. The second-order valence-corrected chi connectivity index (χ2v) is 10.8. The van der Waals surface area contributed by atoms with Crippen molar-refractivity contribution in [3.05, 3.63) is 54.1 Å². The molecule has 1 aromatic carbocycles. The largest absolute Gasteiger partial charge is 0.487 e. The lowest BCUT2D eigenvalue weighted by Crippen LogP contribution is -2.39. The zero-order valence-electron chi connectivity index (χ0n) is 23.0. The summed E-state index contributed by atoms with van der Waals surface area (Å²) in [6.07, 6.45) is 9.12. The summed E-state index contributed by atoms with van der Waals surface area (Å²) in [5.74, 6) is 1.51. The van der Waals surface area contributed by atoms with E-state index in [9.17, 15) is 13.9 Å². The second kappa shape index (κ2) is 12.4. The summed E-state index contributed by atoms with van der Waals surface area (Å²) in [6, 6.07) is 5.33. The van der Waals surface area contributed by atoms with Gasteiger partial charge in [-0.15, -0.1) is 0 Å². The second-order valence-electron chi connectivity index (χ2n) is 10.8. The number of rotatable bonds is 7. The normalized spacial score (nSPS) is 21.4. The van der Waals surface area contributed by atoms with E-state index in [1.807, 2.05) is 7.05 Å². The number of benzene rings is 1. The van der Waals surface area contributed by atoms with Crippen molar-refractivity contribution >= 4 is 12.0 Å². The molecule has 216 valence electrons. The number of likely N-dealkylation sites (N-methyl/N-ethyl adjacent to an activating group) is 1. The SMILES string of the molecule is CNC1CCN(c2ncc(OC(C)C3CCN(c4nc(C5(O)CCC5)no4)CC3)cn2)C1.Fc1ccc(F)cc1. The molecule has 6 rings (SSSR count). The molecule has 2 saturated heterocycles. The summed E-state index contributed by atoms with van der Waals surface area (Å²) >= 11 is 0. The van der Waals surface area contributed by atoms with Crippen LogP contribution in [0.4, 0.5) is 20.7 Å². The predicted octanol–water partition coefficient (Wildman–Crippen LogP) is 3.68. The van der Waals surface area contributed by atoms with E-state index in [1.165, 1.54) is 0 Å². The highest BCUT2D eigenvalue weighted by Gasteiger charge is 2.41. The van der Waals surface area contributed by atoms with E-state index in [0.29, 0.717) is 42.4 Å². The lowest BCUT2D eigenvalue weighted by atomic mass is 9.80. The molecule has 2 aliphatic heterocycles. The Kier molecular flexibility index (Phi) is 8.75. The molecule has 2 unspecified atom stereocenters. The summed E-state index contributed by atoms with van der Waals surface area (Å²) in [5, 5.41) is 17.7. The zero-order valence-corrected chi connectivity index (χ0v) is 23.0. The molecule has 3 fully saturated rings. The van der Waals surface area contributed by atoms with Crippen LogP contribution in [-0.4, -0.2) is 70.6 Å². The third kappa shape index (κ3) is 6.67. The Labute approximate surface area is 232 Å². The van der Waals surface area contributed by atoms with Gasteiger partial charge in [0.15, 0.2) is 5.75 Å². The Morgan fingerprint density at radius 1 is 1.02 bits per heavy atom. The van der Waals surface area contributed by atoms with Gasteiger partial charge < -0.3 is 29.5 Å². The van der Waals surface area contributed by atoms with Gasteiger partial charge in [0.05, 0.1) is 18.5 Å². The van der Waals surface area contributed by atoms with Gasteiger partial charge >= 0.3 is 6.01 Å². The first-order valence-electron chi connectivity index (χ1n) is 14.0. The number of hydrogen-bond donors (Lipinski definition) is 2. The van der Waals surface area contributed by atoms with Crippen molar-refractivity contribution < 1.29 is 23.1 Å². The number of anilines is 2. The van der Waals surface area contributed by atoms with E-state index < -0.39 is 17.2 Å². The maximum Gasteiger partial charge on any atom is 0.324 e. The summed E-state index contributed by atoms with van der Waals surface area (Å²) in [5.41, 5.74) is -0.885. The van der Waals surface area contributed by atoms with E-state index in [1.54, 1.807) is 12.4 Å². The van der Waals surface area contributed by atoms with Crippen molar-refractivity contribution in [3.8, 4) is 5.75 Å². The maximum absolute atomic E-state index is 11.9. The fourth-order valence-electron chi connectivity index (χ4n) is 5.28. The highest BCUT2D eigenvalue weighted by atomic mass is 19.1. The molecular weight excluding hydrogens is 520 g/mol. The van der Waals surface area contributed by atoms with Crippen LogP contribution >= 0.6 is 0 Å². The smallest absolute Gasteiger partial charge is 0.324 e. The molecule has 0 bridgehead atoms. The van der Waals surface area contributed by atoms with Gasteiger partial charge in [0.1, 0.15) is 17.2 Å². The molecular formula is C28H37F2N7O3. The van der Waals surface area contributed by atoms with Gasteiger partial charge in [0.2, 0.25) is 11.8 Å². The van der Waals surface area contributed by atoms with Crippen molar-refractivity contribution in [1.82, 2.24) is 25.4 Å². The number of aliphatic hydroxyl groups is 1. The zero-order chi connectivity index (χ0) is 28.1. The molecule has 0 amide bonds. The minimum atomic E-state index is -0.885. The van der Waals surface area contributed by atoms with Crippen LogP contribution in [0.2, 0.25) is 0 Å². The van der Waals surface area contributed by atoms with Gasteiger partial charge in [-0.1, -0.05) is 5.16 Å². The van der Waals surface area contributed by atoms with Crippen LogP contribution < -0.4 is 19.9 Å². The van der Waals surface area contributed by atoms with Gasteiger partial charge in [-0.3, -0.25) is 0 Å². The van der Waals surface area contributed by atoms with Crippen molar-refractivity contribution in [2.45, 2.75) is 63.2 Å². The number of aromatic nitrogens is 4. The molecule has 3 aliphatic rings. The van der Waals surface area contributed by atoms with Crippen molar-refractivity contribution in [2.75, 3.05) is 43.0 Å². The summed E-state index contributed by atoms with van der Waals surface area (Å²) in [6.45, 7) is 5.68. The van der Waals surface area contributed by atoms with Gasteiger partial charge in [-0.2, -0.15) is 4.98 Å². The van der Waals surface area contributed by atoms with E-state index in [0.717, 1.165) is 82.1 Å². The topological polar surface area (TPSA) is 113 Å². The van der Waals surface area contributed by atoms with Gasteiger partial charge in [-0.25, -0.2) is 18.7 Å². The van der Waals surface area contributed by atoms with Gasteiger partial charge in [0.25, 0.3) is 0 Å². The minimum absolute atomic E-state index is 0.0704.